The zero-order chi connectivity index (χ0) is 14.3. The van der Waals surface area contributed by atoms with E-state index in [-0.39, 0.29) is 11.4 Å². The molecule has 1 aromatic carbocycles. The van der Waals surface area contributed by atoms with Crippen LogP contribution in [0, 0.1) is 17.7 Å². The average Bonchev–Trinajstić information content (AvgIpc) is 2.74. The van der Waals surface area contributed by atoms with Crippen LogP contribution >= 0.6 is 0 Å². The van der Waals surface area contributed by atoms with E-state index < -0.39 is 0 Å². The fourth-order valence-electron chi connectivity index (χ4n) is 3.81. The standard InChI is InChI=1S/C16H22FN3/c1-11-3-4-12(2)16(9-11)10-19-15(18)20(16)14-7-5-13(17)6-8-14/h5-8,11-12H,3-4,9-10H2,1-2H3,(H2,18,19). The fourth-order valence-corrected chi connectivity index (χ4v) is 3.81. The van der Waals surface area contributed by atoms with Gasteiger partial charge in [-0.2, -0.15) is 0 Å². The summed E-state index contributed by atoms with van der Waals surface area (Å²) in [5.74, 6) is 1.56. The van der Waals surface area contributed by atoms with Crippen molar-refractivity contribution in [2.45, 2.75) is 38.6 Å². The molecule has 1 fully saturated rings. The van der Waals surface area contributed by atoms with Crippen LogP contribution in [-0.2, 0) is 0 Å². The minimum atomic E-state index is -0.220. The summed E-state index contributed by atoms with van der Waals surface area (Å²) in [4.78, 5) is 6.65. The maximum Gasteiger partial charge on any atom is 0.196 e. The van der Waals surface area contributed by atoms with Gasteiger partial charge in [0.25, 0.3) is 0 Å². The molecule has 0 aromatic heterocycles. The van der Waals surface area contributed by atoms with Gasteiger partial charge in [-0.05, 0) is 48.9 Å². The lowest BCUT2D eigenvalue weighted by molar-refractivity contribution is 0.178. The molecule has 1 aromatic rings. The van der Waals surface area contributed by atoms with Crippen molar-refractivity contribution in [3.63, 3.8) is 0 Å². The van der Waals surface area contributed by atoms with Gasteiger partial charge >= 0.3 is 0 Å². The Labute approximate surface area is 119 Å². The van der Waals surface area contributed by atoms with Crippen LogP contribution in [0.15, 0.2) is 29.3 Å². The van der Waals surface area contributed by atoms with E-state index in [0.717, 1.165) is 18.7 Å². The van der Waals surface area contributed by atoms with Crippen LogP contribution in [0.1, 0.15) is 33.1 Å². The van der Waals surface area contributed by atoms with Crippen LogP contribution in [0.4, 0.5) is 10.1 Å². The maximum absolute atomic E-state index is 13.2. The predicted octanol–water partition coefficient (Wildman–Crippen LogP) is 3.16. The van der Waals surface area contributed by atoms with E-state index in [1.165, 1.54) is 25.0 Å². The van der Waals surface area contributed by atoms with Crippen molar-refractivity contribution in [1.29, 1.82) is 0 Å². The molecule has 1 aliphatic carbocycles. The Hall–Kier alpha value is -1.58. The van der Waals surface area contributed by atoms with Crippen molar-refractivity contribution in [3.8, 4) is 0 Å². The van der Waals surface area contributed by atoms with E-state index in [1.807, 2.05) is 0 Å². The van der Waals surface area contributed by atoms with Crippen LogP contribution in [0.25, 0.3) is 0 Å². The molecule has 1 saturated carbocycles. The molecule has 1 heterocycles. The molecule has 3 atom stereocenters. The lowest BCUT2D eigenvalue weighted by Gasteiger charge is -2.48. The van der Waals surface area contributed by atoms with Crippen LogP contribution in [0.3, 0.4) is 0 Å². The molecule has 0 amide bonds. The largest absolute Gasteiger partial charge is 0.369 e. The Kier molecular flexibility index (Phi) is 3.19. The Balaban J connectivity index is 2.01. The molecule has 1 aliphatic heterocycles. The third-order valence-corrected chi connectivity index (χ3v) is 4.99. The third kappa shape index (κ3) is 1.98. The lowest BCUT2D eigenvalue weighted by Crippen LogP contribution is -2.58. The van der Waals surface area contributed by atoms with Crippen LogP contribution in [-0.4, -0.2) is 18.0 Å². The molecule has 3 unspecified atom stereocenters. The molecule has 2 N–H and O–H groups in total. The first-order valence-corrected chi connectivity index (χ1v) is 7.38. The summed E-state index contributed by atoms with van der Waals surface area (Å²) in [6.45, 7) is 5.34. The van der Waals surface area contributed by atoms with Crippen molar-refractivity contribution < 1.29 is 4.39 Å². The van der Waals surface area contributed by atoms with Crippen molar-refractivity contribution in [3.05, 3.63) is 30.1 Å². The van der Waals surface area contributed by atoms with Crippen molar-refractivity contribution in [2.24, 2.45) is 22.6 Å². The highest BCUT2D eigenvalue weighted by Gasteiger charge is 2.49. The normalized spacial score (nSPS) is 33.5. The second-order valence-corrected chi connectivity index (χ2v) is 6.38. The number of rotatable bonds is 1. The highest BCUT2D eigenvalue weighted by atomic mass is 19.1. The summed E-state index contributed by atoms with van der Waals surface area (Å²) in [5.41, 5.74) is 7.07. The SMILES string of the molecule is CC1CCC(C)C2(CN=C(N)N2c2ccc(F)cc2)C1. The molecular weight excluding hydrogens is 253 g/mol. The average molecular weight is 275 g/mol. The van der Waals surface area contributed by atoms with E-state index in [0.29, 0.717) is 17.8 Å². The van der Waals surface area contributed by atoms with Gasteiger partial charge in [0.05, 0.1) is 12.1 Å². The zero-order valence-electron chi connectivity index (χ0n) is 12.1. The number of anilines is 1. The van der Waals surface area contributed by atoms with Gasteiger partial charge in [-0.1, -0.05) is 20.3 Å². The fraction of sp³-hybridized carbons (Fsp3) is 0.562. The van der Waals surface area contributed by atoms with E-state index in [4.69, 9.17) is 5.73 Å². The molecule has 20 heavy (non-hydrogen) atoms. The van der Waals surface area contributed by atoms with Gasteiger partial charge in [0.2, 0.25) is 0 Å². The Morgan fingerprint density at radius 1 is 1.25 bits per heavy atom. The summed E-state index contributed by atoms with van der Waals surface area (Å²) >= 11 is 0. The van der Waals surface area contributed by atoms with E-state index in [2.05, 4.69) is 23.7 Å². The molecule has 0 radical (unpaired) electrons. The topological polar surface area (TPSA) is 41.6 Å². The molecule has 4 heteroatoms. The van der Waals surface area contributed by atoms with E-state index >= 15 is 0 Å². The summed E-state index contributed by atoms with van der Waals surface area (Å²) in [6.07, 6.45) is 3.55. The molecule has 0 saturated heterocycles. The van der Waals surface area contributed by atoms with Crippen LogP contribution in [0.2, 0.25) is 0 Å². The molecule has 1 spiro atoms. The van der Waals surface area contributed by atoms with Gasteiger partial charge < -0.3 is 10.6 Å². The number of hydrogen-bond acceptors (Lipinski definition) is 3. The summed E-state index contributed by atoms with van der Waals surface area (Å²) in [5, 5.41) is 0. The number of benzene rings is 1. The number of guanidine groups is 1. The highest BCUT2D eigenvalue weighted by molar-refractivity contribution is 5.98. The predicted molar refractivity (Wildman–Crippen MR) is 80.3 cm³/mol. The molecule has 0 bridgehead atoms. The molecule has 3 nitrogen and oxygen atoms in total. The Morgan fingerprint density at radius 2 is 1.95 bits per heavy atom. The van der Waals surface area contributed by atoms with Crippen molar-refractivity contribution in [1.82, 2.24) is 0 Å². The van der Waals surface area contributed by atoms with Crippen molar-refractivity contribution >= 4 is 11.6 Å². The Morgan fingerprint density at radius 3 is 2.65 bits per heavy atom. The number of aliphatic imine (C=N–C) groups is 1. The second-order valence-electron chi connectivity index (χ2n) is 6.38. The van der Waals surface area contributed by atoms with Gasteiger partial charge in [-0.3, -0.25) is 4.99 Å². The first-order valence-electron chi connectivity index (χ1n) is 7.38. The zero-order valence-corrected chi connectivity index (χ0v) is 12.1. The third-order valence-electron chi connectivity index (χ3n) is 4.99. The van der Waals surface area contributed by atoms with Gasteiger partial charge in [0.1, 0.15) is 5.82 Å². The van der Waals surface area contributed by atoms with Crippen molar-refractivity contribution in [2.75, 3.05) is 11.4 Å². The molecule has 2 aliphatic rings. The number of halogens is 1. The number of nitrogens with two attached hydrogens (primary N) is 1. The smallest absolute Gasteiger partial charge is 0.196 e. The van der Waals surface area contributed by atoms with E-state index in [9.17, 15) is 4.39 Å². The summed E-state index contributed by atoms with van der Waals surface area (Å²) in [6, 6.07) is 6.59. The first-order chi connectivity index (χ1) is 9.53. The Bertz CT molecular complexity index is 525. The second kappa shape index (κ2) is 4.76. The number of hydrogen-bond donors (Lipinski definition) is 1. The summed E-state index contributed by atoms with van der Waals surface area (Å²) < 4.78 is 13.2. The minimum absolute atomic E-state index is 0.0282. The van der Waals surface area contributed by atoms with Gasteiger partial charge in [0, 0.05) is 5.69 Å². The molecule has 3 rings (SSSR count). The molecule has 108 valence electrons. The van der Waals surface area contributed by atoms with Crippen LogP contribution in [0.5, 0.6) is 0 Å². The molecular formula is C16H22FN3. The first kappa shape index (κ1) is 13.4. The quantitative estimate of drug-likeness (QED) is 0.855. The van der Waals surface area contributed by atoms with Crippen LogP contribution < -0.4 is 10.6 Å². The maximum atomic E-state index is 13.2. The van der Waals surface area contributed by atoms with Gasteiger partial charge in [0.15, 0.2) is 5.96 Å². The monoisotopic (exact) mass is 275 g/mol. The summed E-state index contributed by atoms with van der Waals surface area (Å²) in [7, 11) is 0. The van der Waals surface area contributed by atoms with Gasteiger partial charge in [-0.25, -0.2) is 4.39 Å². The highest BCUT2D eigenvalue weighted by Crippen LogP contribution is 2.45. The van der Waals surface area contributed by atoms with E-state index in [1.54, 1.807) is 12.1 Å². The lowest BCUT2D eigenvalue weighted by atomic mass is 9.69. The number of nitrogens with zero attached hydrogens (tertiary/aromatic N) is 2. The minimum Gasteiger partial charge on any atom is -0.369 e. The van der Waals surface area contributed by atoms with Gasteiger partial charge in [-0.15, -0.1) is 0 Å².